The average Bonchev–Trinajstić information content (AvgIpc) is 2.29. The first-order valence-corrected chi connectivity index (χ1v) is 4.88. The van der Waals surface area contributed by atoms with E-state index in [2.05, 4.69) is 21.1 Å². The molecule has 0 bridgehead atoms. The van der Waals surface area contributed by atoms with Gasteiger partial charge >= 0.3 is 5.97 Å². The molecule has 70 valence electrons. The largest absolute Gasteiger partial charge is 0.475 e. The highest BCUT2D eigenvalue weighted by atomic mass is 79.9. The van der Waals surface area contributed by atoms with Crippen LogP contribution in [-0.2, 0) is 0 Å². The van der Waals surface area contributed by atoms with E-state index in [4.69, 9.17) is 9.63 Å². The van der Waals surface area contributed by atoms with Crippen molar-refractivity contribution in [3.63, 3.8) is 0 Å². The Hall–Kier alpha value is -0.840. The molecule has 0 atom stereocenters. The van der Waals surface area contributed by atoms with Gasteiger partial charge in [-0.05, 0) is 28.8 Å². The third-order valence-corrected chi connectivity index (χ3v) is 3.11. The van der Waals surface area contributed by atoms with Crippen molar-refractivity contribution in [3.05, 3.63) is 15.9 Å². The smallest absolute Gasteiger partial charge is 0.375 e. The number of aromatic nitrogens is 1. The molecule has 5 heteroatoms. The van der Waals surface area contributed by atoms with E-state index in [1.165, 1.54) is 6.42 Å². The Balaban J connectivity index is 2.32. The third-order valence-electron chi connectivity index (χ3n) is 2.35. The van der Waals surface area contributed by atoms with Crippen molar-refractivity contribution in [2.45, 2.75) is 25.2 Å². The maximum absolute atomic E-state index is 10.6. The van der Waals surface area contributed by atoms with Gasteiger partial charge in [-0.3, -0.25) is 0 Å². The van der Waals surface area contributed by atoms with Crippen LogP contribution in [0.1, 0.15) is 41.4 Å². The summed E-state index contributed by atoms with van der Waals surface area (Å²) in [4.78, 5) is 10.6. The minimum absolute atomic E-state index is 0.0955. The minimum atomic E-state index is -1.08. The highest BCUT2D eigenvalue weighted by Crippen LogP contribution is 2.40. The number of carboxylic acid groups (broad SMARTS) is 1. The highest BCUT2D eigenvalue weighted by Gasteiger charge is 2.29. The Labute approximate surface area is 83.0 Å². The molecule has 1 aliphatic rings. The summed E-state index contributed by atoms with van der Waals surface area (Å²) in [6, 6.07) is 0. The minimum Gasteiger partial charge on any atom is -0.475 e. The zero-order chi connectivity index (χ0) is 9.42. The monoisotopic (exact) mass is 245 g/mol. The Kier molecular flexibility index (Phi) is 2.11. The molecule has 4 nitrogen and oxygen atoms in total. The number of nitrogens with zero attached hydrogens (tertiary/aromatic N) is 1. The van der Waals surface area contributed by atoms with Gasteiger partial charge in [-0.25, -0.2) is 4.79 Å². The third kappa shape index (κ3) is 1.37. The number of rotatable bonds is 2. The van der Waals surface area contributed by atoms with E-state index < -0.39 is 5.97 Å². The lowest BCUT2D eigenvalue weighted by Crippen LogP contribution is -2.09. The molecule has 0 spiro atoms. The van der Waals surface area contributed by atoms with Gasteiger partial charge in [0, 0.05) is 5.92 Å². The number of aromatic carboxylic acids is 1. The summed E-state index contributed by atoms with van der Waals surface area (Å²) >= 11 is 3.19. The van der Waals surface area contributed by atoms with Crippen molar-refractivity contribution >= 4 is 21.9 Å². The number of carbonyl (C=O) groups is 1. The molecule has 0 amide bonds. The van der Waals surface area contributed by atoms with E-state index >= 15 is 0 Å². The van der Waals surface area contributed by atoms with Crippen LogP contribution in [0, 0.1) is 0 Å². The molecule has 0 saturated heterocycles. The maximum atomic E-state index is 10.6. The van der Waals surface area contributed by atoms with Gasteiger partial charge in [-0.1, -0.05) is 11.6 Å². The Bertz CT molecular complexity index is 343. The average molecular weight is 246 g/mol. The van der Waals surface area contributed by atoms with Gasteiger partial charge in [0.2, 0.25) is 0 Å². The van der Waals surface area contributed by atoms with Crippen LogP contribution in [0.4, 0.5) is 0 Å². The van der Waals surface area contributed by atoms with Gasteiger partial charge in [0.25, 0.3) is 5.76 Å². The van der Waals surface area contributed by atoms with Crippen LogP contribution in [0.15, 0.2) is 9.00 Å². The van der Waals surface area contributed by atoms with E-state index in [0.717, 1.165) is 18.5 Å². The normalized spacial score (nSPS) is 17.0. The summed E-state index contributed by atoms with van der Waals surface area (Å²) in [6.45, 7) is 0. The predicted octanol–water partition coefficient (Wildman–Crippen LogP) is 2.40. The van der Waals surface area contributed by atoms with Gasteiger partial charge in [-0.15, -0.1) is 0 Å². The summed E-state index contributed by atoms with van der Waals surface area (Å²) in [5, 5.41) is 12.4. The van der Waals surface area contributed by atoms with Crippen molar-refractivity contribution in [2.24, 2.45) is 0 Å². The molecule has 1 N–H and O–H groups in total. The van der Waals surface area contributed by atoms with E-state index in [1.807, 2.05) is 0 Å². The summed E-state index contributed by atoms with van der Waals surface area (Å²) in [6.07, 6.45) is 3.33. The van der Waals surface area contributed by atoms with Crippen LogP contribution in [-0.4, -0.2) is 16.2 Å². The first-order chi connectivity index (χ1) is 6.20. The topological polar surface area (TPSA) is 63.3 Å². The summed E-state index contributed by atoms with van der Waals surface area (Å²) in [5.41, 5.74) is 0.753. The Morgan fingerprint density at radius 3 is 2.69 bits per heavy atom. The Morgan fingerprint density at radius 2 is 2.31 bits per heavy atom. The second-order valence-electron chi connectivity index (χ2n) is 3.14. The van der Waals surface area contributed by atoms with Crippen LogP contribution in [0.25, 0.3) is 0 Å². The lowest BCUT2D eigenvalue weighted by atomic mass is 9.83. The van der Waals surface area contributed by atoms with Crippen molar-refractivity contribution in [2.75, 3.05) is 0 Å². The standard InChI is InChI=1S/C8H8BrNO3/c9-5-6(4-2-1-3-4)10-13-7(5)8(11)12/h4H,1-3H2,(H,11,12). The summed E-state index contributed by atoms with van der Waals surface area (Å²) < 4.78 is 5.22. The SMILES string of the molecule is O=C(O)c1onc(C2CCC2)c1Br. The maximum Gasteiger partial charge on any atom is 0.375 e. The quantitative estimate of drug-likeness (QED) is 0.870. The fraction of sp³-hybridized carbons (Fsp3) is 0.500. The number of hydrogen-bond acceptors (Lipinski definition) is 3. The van der Waals surface area contributed by atoms with Crippen LogP contribution < -0.4 is 0 Å². The van der Waals surface area contributed by atoms with Gasteiger partial charge in [0.1, 0.15) is 5.69 Å². The van der Waals surface area contributed by atoms with E-state index in [0.29, 0.717) is 10.4 Å². The van der Waals surface area contributed by atoms with E-state index in [1.54, 1.807) is 0 Å². The molecule has 1 fully saturated rings. The van der Waals surface area contributed by atoms with Gasteiger partial charge in [-0.2, -0.15) is 0 Å². The molecule has 1 heterocycles. The van der Waals surface area contributed by atoms with Crippen molar-refractivity contribution in [1.29, 1.82) is 0 Å². The molecule has 1 saturated carbocycles. The van der Waals surface area contributed by atoms with Crippen LogP contribution in [0.2, 0.25) is 0 Å². The molecule has 13 heavy (non-hydrogen) atoms. The van der Waals surface area contributed by atoms with Gasteiger partial charge < -0.3 is 9.63 Å². The lowest BCUT2D eigenvalue weighted by Gasteiger charge is -2.22. The molecular formula is C8H8BrNO3. The zero-order valence-corrected chi connectivity index (χ0v) is 8.37. The van der Waals surface area contributed by atoms with Crippen LogP contribution in [0.5, 0.6) is 0 Å². The predicted molar refractivity (Wildman–Crippen MR) is 47.8 cm³/mol. The summed E-state index contributed by atoms with van der Waals surface area (Å²) in [7, 11) is 0. The Morgan fingerprint density at radius 1 is 1.62 bits per heavy atom. The molecule has 1 aliphatic carbocycles. The molecular weight excluding hydrogens is 238 g/mol. The molecule has 1 aromatic rings. The fourth-order valence-corrected chi connectivity index (χ4v) is 2.00. The van der Waals surface area contributed by atoms with Crippen molar-refractivity contribution < 1.29 is 14.4 Å². The van der Waals surface area contributed by atoms with Crippen molar-refractivity contribution in [3.8, 4) is 0 Å². The van der Waals surface area contributed by atoms with Gasteiger partial charge in [0.15, 0.2) is 0 Å². The molecule has 0 radical (unpaired) electrons. The van der Waals surface area contributed by atoms with Crippen molar-refractivity contribution in [1.82, 2.24) is 5.16 Å². The summed E-state index contributed by atoms with van der Waals surface area (Å²) in [5.74, 6) is -0.793. The fourth-order valence-electron chi connectivity index (χ4n) is 1.36. The molecule has 2 rings (SSSR count). The van der Waals surface area contributed by atoms with Gasteiger partial charge in [0.05, 0.1) is 4.47 Å². The molecule has 0 unspecified atom stereocenters. The molecule has 0 aliphatic heterocycles. The van der Waals surface area contributed by atoms with E-state index in [-0.39, 0.29) is 5.76 Å². The van der Waals surface area contributed by atoms with E-state index in [9.17, 15) is 4.79 Å². The first-order valence-electron chi connectivity index (χ1n) is 4.08. The highest BCUT2D eigenvalue weighted by molar-refractivity contribution is 9.10. The second kappa shape index (κ2) is 3.14. The first kappa shape index (κ1) is 8.74. The van der Waals surface area contributed by atoms with Crippen LogP contribution >= 0.6 is 15.9 Å². The number of hydrogen-bond donors (Lipinski definition) is 1. The zero-order valence-electron chi connectivity index (χ0n) is 6.79. The second-order valence-corrected chi connectivity index (χ2v) is 3.94. The molecule has 0 aromatic carbocycles. The molecule has 1 aromatic heterocycles. The number of carboxylic acids is 1. The lowest BCUT2D eigenvalue weighted by molar-refractivity contribution is 0.0650. The van der Waals surface area contributed by atoms with Crippen LogP contribution in [0.3, 0.4) is 0 Å². The number of halogens is 1.